The Morgan fingerprint density at radius 2 is 1.50 bits per heavy atom. The summed E-state index contributed by atoms with van der Waals surface area (Å²) in [6.07, 6.45) is -5.73. The van der Waals surface area contributed by atoms with Gasteiger partial charge in [0.2, 0.25) is 0 Å². The van der Waals surface area contributed by atoms with Crippen LogP contribution in [0.25, 0.3) is 0 Å². The Kier molecular flexibility index (Phi) is 8.09. The van der Waals surface area contributed by atoms with E-state index in [0.29, 0.717) is 0 Å². The third-order valence-corrected chi connectivity index (χ3v) is 5.03. The first-order valence-corrected chi connectivity index (χ1v) is 11.5. The van der Waals surface area contributed by atoms with Gasteiger partial charge in [0, 0.05) is 6.20 Å². The second-order valence-electron chi connectivity index (χ2n) is 11.6. The van der Waals surface area contributed by atoms with E-state index in [9.17, 15) is 19.2 Å². The van der Waals surface area contributed by atoms with Crippen LogP contribution in [-0.2, 0) is 33.3 Å². The number of aromatic nitrogens is 2. The van der Waals surface area contributed by atoms with Crippen LogP contribution in [0.4, 0.5) is 5.82 Å². The van der Waals surface area contributed by atoms with E-state index in [1.807, 2.05) is 0 Å². The average molecular weight is 513 g/mol. The van der Waals surface area contributed by atoms with Crippen LogP contribution in [0.15, 0.2) is 17.1 Å². The van der Waals surface area contributed by atoms with Crippen LogP contribution in [-0.4, -0.2) is 57.6 Å². The number of carbonyl (C=O) groups is 3. The first kappa shape index (κ1) is 27.6. The van der Waals surface area contributed by atoms with Crippen LogP contribution < -0.4 is 11.2 Å². The van der Waals surface area contributed by atoms with E-state index in [0.717, 1.165) is 10.8 Å². The van der Waals surface area contributed by atoms with Crippen molar-refractivity contribution in [1.29, 1.82) is 0 Å². The maximum atomic E-state index is 12.9. The van der Waals surface area contributed by atoms with E-state index in [4.69, 9.17) is 25.5 Å². The van der Waals surface area contributed by atoms with E-state index >= 15 is 0 Å². The summed E-state index contributed by atoms with van der Waals surface area (Å²) < 4.78 is 32.5. The number of hydrogen-bond acceptors (Lipinski definition) is 11. The molecule has 0 saturated carbocycles. The van der Waals surface area contributed by atoms with Gasteiger partial charge in [-0.25, -0.2) is 4.79 Å². The molecule has 2 rings (SSSR count). The van der Waals surface area contributed by atoms with Crippen LogP contribution in [0.1, 0.15) is 69.9 Å². The predicted octanol–water partition coefficient (Wildman–Crippen LogP) is 2.45. The summed E-state index contributed by atoms with van der Waals surface area (Å²) in [5.74, 6) is -2.23. The molecule has 1 aliphatic heterocycles. The minimum absolute atomic E-state index is 0.197. The topological polar surface area (TPSA) is 155 Å². The van der Waals surface area contributed by atoms with Gasteiger partial charge in [0.1, 0.15) is 12.7 Å². The lowest BCUT2D eigenvalue weighted by molar-refractivity contribution is -0.179. The van der Waals surface area contributed by atoms with Crippen LogP contribution >= 0.6 is 0 Å². The van der Waals surface area contributed by atoms with Crippen molar-refractivity contribution >= 4 is 23.7 Å². The summed E-state index contributed by atoms with van der Waals surface area (Å²) in [5, 5.41) is 9.08. The molecule has 1 aliphatic rings. The minimum Gasteiger partial charge on any atom is -0.462 e. The molecule has 0 amide bonds. The molecule has 12 nitrogen and oxygen atoms in total. The number of rotatable bonds is 6. The zero-order valence-corrected chi connectivity index (χ0v) is 22.2. The Balaban J connectivity index is 2.63. The Morgan fingerprint density at radius 3 is 1.94 bits per heavy atom. The van der Waals surface area contributed by atoms with Crippen molar-refractivity contribution in [2.45, 2.75) is 86.8 Å². The molecule has 202 valence electrons. The number of nitrogens with zero attached hydrogens (tertiary/aromatic N) is 2. The highest BCUT2D eigenvalue weighted by atomic mass is 16.7. The van der Waals surface area contributed by atoms with E-state index < -0.39 is 71.0 Å². The number of esters is 3. The van der Waals surface area contributed by atoms with E-state index in [2.05, 4.69) is 4.98 Å². The molecule has 0 spiro atoms. The van der Waals surface area contributed by atoms with Crippen molar-refractivity contribution in [2.75, 3.05) is 12.1 Å². The van der Waals surface area contributed by atoms with E-state index in [-0.39, 0.29) is 5.82 Å². The number of ether oxygens (including phenoxy) is 4. The third kappa shape index (κ3) is 7.03. The highest BCUT2D eigenvalue weighted by Gasteiger charge is 2.53. The fourth-order valence-electron chi connectivity index (χ4n) is 2.80. The van der Waals surface area contributed by atoms with Crippen molar-refractivity contribution in [3.63, 3.8) is 0 Å². The fourth-order valence-corrected chi connectivity index (χ4v) is 2.80. The summed E-state index contributed by atoms with van der Waals surface area (Å²) >= 11 is 0. The quantitative estimate of drug-likeness (QED) is 0.328. The minimum atomic E-state index is -2.47. The molecule has 1 fully saturated rings. The van der Waals surface area contributed by atoms with Crippen LogP contribution in [0, 0.1) is 16.2 Å². The number of nitrogens with one attached hydrogen (secondary N) is 1. The predicted molar refractivity (Wildman–Crippen MR) is 127 cm³/mol. The smallest absolute Gasteiger partial charge is 0.351 e. The first-order valence-electron chi connectivity index (χ1n) is 12.0. The van der Waals surface area contributed by atoms with Gasteiger partial charge in [0.05, 0.1) is 17.6 Å². The van der Waals surface area contributed by atoms with Crippen molar-refractivity contribution in [3.8, 4) is 0 Å². The van der Waals surface area contributed by atoms with Gasteiger partial charge < -0.3 is 18.9 Å². The normalized spacial score (nSPS) is 25.1. The lowest BCUT2D eigenvalue weighted by Gasteiger charge is -2.29. The summed E-state index contributed by atoms with van der Waals surface area (Å²) in [5.41, 5.74) is -2.16. The van der Waals surface area contributed by atoms with Crippen molar-refractivity contribution in [2.24, 2.45) is 16.2 Å². The molecule has 0 aliphatic carbocycles. The molecule has 1 saturated heterocycles. The molecule has 0 unspecified atom stereocenters. The molecule has 2 N–H and O–H groups in total. The lowest BCUT2D eigenvalue weighted by Crippen LogP contribution is -2.45. The van der Waals surface area contributed by atoms with Crippen molar-refractivity contribution < 1.29 is 39.9 Å². The molecular formula is C24H37N3O9. The summed E-state index contributed by atoms with van der Waals surface area (Å²) in [6.45, 7) is 14.1. The Morgan fingerprint density at radius 1 is 1.00 bits per heavy atom. The highest BCUT2D eigenvalue weighted by Crippen LogP contribution is 2.36. The summed E-state index contributed by atoms with van der Waals surface area (Å²) in [7, 11) is 0. The van der Waals surface area contributed by atoms with Crippen molar-refractivity contribution in [3.05, 3.63) is 22.7 Å². The van der Waals surface area contributed by atoms with Crippen LogP contribution in [0.3, 0.4) is 0 Å². The standard InChI is InChI=1S/C24H37N3O9/c1-22(2,3)18(28)33-12-13-15(35-19(29)23(4,5)6)16(36-20(30)24(7,8)9)17(34-13)27-11-10-14(26-32)25-21(27)31/h10-11,13,15-17,32H,12H2,1-9H3,(H,25,26,31)/t13-,15-,16-,17-/m1/s1/i17D. The third-order valence-electron chi connectivity index (χ3n) is 5.03. The van der Waals surface area contributed by atoms with Crippen LogP contribution in [0.2, 0.25) is 0 Å². The summed E-state index contributed by atoms with van der Waals surface area (Å²) in [6, 6.07) is 1.19. The largest absolute Gasteiger partial charge is 0.462 e. The van der Waals surface area contributed by atoms with Gasteiger partial charge in [-0.3, -0.25) is 29.6 Å². The van der Waals surface area contributed by atoms with E-state index in [1.165, 1.54) is 6.07 Å². The molecule has 1 aromatic heterocycles. The molecule has 0 aromatic carbocycles. The first-order chi connectivity index (χ1) is 16.7. The molecule has 4 atom stereocenters. The van der Waals surface area contributed by atoms with Gasteiger partial charge in [-0.1, -0.05) is 0 Å². The van der Waals surface area contributed by atoms with Gasteiger partial charge >= 0.3 is 23.6 Å². The van der Waals surface area contributed by atoms with Gasteiger partial charge in [0.25, 0.3) is 0 Å². The lowest BCUT2D eigenvalue weighted by atomic mass is 9.96. The second-order valence-corrected chi connectivity index (χ2v) is 11.6. The second kappa shape index (κ2) is 10.6. The monoisotopic (exact) mass is 512 g/mol. The van der Waals surface area contributed by atoms with Gasteiger partial charge in [-0.05, 0) is 68.4 Å². The van der Waals surface area contributed by atoms with Crippen molar-refractivity contribution in [1.82, 2.24) is 9.55 Å². The molecule has 2 heterocycles. The molecule has 12 heteroatoms. The Bertz CT molecular complexity index is 1080. The van der Waals surface area contributed by atoms with Gasteiger partial charge in [-0.2, -0.15) is 4.98 Å². The maximum absolute atomic E-state index is 12.9. The molecule has 0 bridgehead atoms. The Labute approximate surface area is 211 Å². The van der Waals surface area contributed by atoms with Gasteiger partial charge in [-0.15, -0.1) is 0 Å². The molecular weight excluding hydrogens is 474 g/mol. The number of carbonyl (C=O) groups excluding carboxylic acids is 3. The number of hydrogen-bond donors (Lipinski definition) is 2. The zero-order chi connectivity index (χ0) is 28.6. The fraction of sp³-hybridized carbons (Fsp3) is 0.708. The van der Waals surface area contributed by atoms with Crippen LogP contribution in [0.5, 0.6) is 0 Å². The zero-order valence-electron chi connectivity index (χ0n) is 23.2. The molecule has 36 heavy (non-hydrogen) atoms. The van der Waals surface area contributed by atoms with Gasteiger partial charge in [0.15, 0.2) is 24.2 Å². The highest BCUT2D eigenvalue weighted by molar-refractivity contribution is 5.77. The summed E-state index contributed by atoms with van der Waals surface area (Å²) in [4.78, 5) is 54.6. The molecule has 1 aromatic rings. The maximum Gasteiger partial charge on any atom is 0.351 e. The molecule has 0 radical (unpaired) electrons. The Hall–Kier alpha value is -2.99. The average Bonchev–Trinajstić information content (AvgIpc) is 3.01. The SMILES string of the molecule is [2H][C@@]1(n2ccc(NO)nc2=O)O[C@H](COC(=O)C(C)(C)C)[C@@H](OC(=O)C(C)(C)C)[C@H]1OC(=O)C(C)(C)C. The number of anilines is 1. The van der Waals surface area contributed by atoms with E-state index in [1.54, 1.807) is 67.8 Å².